The second-order valence-electron chi connectivity index (χ2n) is 11.6. The zero-order valence-electron chi connectivity index (χ0n) is 25.9. The molecule has 0 saturated carbocycles. The van der Waals surface area contributed by atoms with E-state index in [9.17, 15) is 14.4 Å². The number of ketones is 2. The summed E-state index contributed by atoms with van der Waals surface area (Å²) in [5, 5.41) is 3.23. The van der Waals surface area contributed by atoms with E-state index < -0.39 is 40.3 Å². The SMILES string of the molecule is COc1cc(OC)c2c(c1Cl)O[C@@]1(C(=O)C3=C(C[C@H]1C)Nc1c(c(=O)n(C)c(=O)n1C)[C@@H]3c1cc(OC)c3c(c1)OCCO3)C2=O. The molecular formula is C32H30ClN3O10. The summed E-state index contributed by atoms with van der Waals surface area (Å²) in [7, 11) is 7.18. The Balaban J connectivity index is 1.49. The number of hydrogen-bond acceptors (Lipinski definition) is 11. The molecule has 1 aliphatic carbocycles. The van der Waals surface area contributed by atoms with Crippen LogP contribution in [0.4, 0.5) is 5.82 Å². The molecule has 13 nitrogen and oxygen atoms in total. The lowest BCUT2D eigenvalue weighted by atomic mass is 9.66. The maximum absolute atomic E-state index is 15.1. The van der Waals surface area contributed by atoms with Crippen LogP contribution in [0.25, 0.3) is 0 Å². The van der Waals surface area contributed by atoms with Gasteiger partial charge >= 0.3 is 5.69 Å². The number of methoxy groups -OCH3 is 3. The van der Waals surface area contributed by atoms with E-state index in [-0.39, 0.29) is 57.8 Å². The summed E-state index contributed by atoms with van der Waals surface area (Å²) in [6.07, 6.45) is 0.152. The van der Waals surface area contributed by atoms with Crippen molar-refractivity contribution < 1.29 is 38.0 Å². The molecule has 14 heteroatoms. The van der Waals surface area contributed by atoms with Crippen LogP contribution in [0.15, 0.2) is 39.1 Å². The molecule has 0 bridgehead atoms. The molecule has 0 amide bonds. The molecule has 4 heterocycles. The van der Waals surface area contributed by atoms with Crippen molar-refractivity contribution in [1.82, 2.24) is 9.13 Å². The Hall–Kier alpha value is -4.91. The highest BCUT2D eigenvalue weighted by molar-refractivity contribution is 6.36. The first-order valence-electron chi connectivity index (χ1n) is 14.5. The first-order valence-corrected chi connectivity index (χ1v) is 14.9. The lowest BCUT2D eigenvalue weighted by Gasteiger charge is -2.42. The van der Waals surface area contributed by atoms with Gasteiger partial charge in [-0.1, -0.05) is 18.5 Å². The number of rotatable bonds is 4. The minimum absolute atomic E-state index is 0.0207. The van der Waals surface area contributed by atoms with Crippen LogP contribution in [0.1, 0.15) is 40.7 Å². The predicted molar refractivity (Wildman–Crippen MR) is 164 cm³/mol. The summed E-state index contributed by atoms with van der Waals surface area (Å²) in [4.78, 5) is 56.6. The van der Waals surface area contributed by atoms with Crippen LogP contribution in [-0.4, -0.2) is 60.8 Å². The molecule has 0 saturated heterocycles. The summed E-state index contributed by atoms with van der Waals surface area (Å²) in [5.41, 5.74) is -2.03. The van der Waals surface area contributed by atoms with Crippen molar-refractivity contribution in [3.05, 3.63) is 72.0 Å². The van der Waals surface area contributed by atoms with Crippen molar-refractivity contribution in [3.63, 3.8) is 0 Å². The number of allylic oxidation sites excluding steroid dienone is 1. The number of anilines is 1. The third-order valence-corrected chi connectivity index (χ3v) is 9.62. The Morgan fingerprint density at radius 2 is 1.59 bits per heavy atom. The Bertz CT molecular complexity index is 2030. The van der Waals surface area contributed by atoms with E-state index in [1.165, 1.54) is 46.1 Å². The number of fused-ring (bicyclic) bond motifs is 3. The lowest BCUT2D eigenvalue weighted by molar-refractivity contribution is -0.130. The third kappa shape index (κ3) is 3.74. The fraction of sp³-hybridized carbons (Fsp3) is 0.375. The Labute approximate surface area is 267 Å². The molecule has 2 aromatic carbocycles. The van der Waals surface area contributed by atoms with Gasteiger partial charge in [0.05, 0.1) is 26.9 Å². The number of nitrogens with zero attached hydrogens (tertiary/aromatic N) is 2. The second kappa shape index (κ2) is 10.3. The molecule has 1 spiro atoms. The Morgan fingerprint density at radius 3 is 2.28 bits per heavy atom. The zero-order chi connectivity index (χ0) is 32.8. The first-order chi connectivity index (χ1) is 22.0. The number of carbonyl (C=O) groups excluding carboxylic acids is 2. The number of carbonyl (C=O) groups is 2. The molecular weight excluding hydrogens is 622 g/mol. The van der Waals surface area contributed by atoms with E-state index in [0.717, 1.165) is 4.57 Å². The van der Waals surface area contributed by atoms with Crippen LogP contribution >= 0.6 is 11.6 Å². The number of Topliss-reactive ketones (excluding diaryl/α,β-unsaturated/α-hetero) is 2. The highest BCUT2D eigenvalue weighted by atomic mass is 35.5. The number of halogens is 1. The van der Waals surface area contributed by atoms with E-state index in [1.807, 2.05) is 0 Å². The number of benzene rings is 2. The van der Waals surface area contributed by atoms with Gasteiger partial charge in [0, 0.05) is 43.3 Å². The van der Waals surface area contributed by atoms with E-state index >= 15 is 4.79 Å². The standard InChI is InChI=1S/C32H30ClN3O10/c1-13-9-15-21(27(37)32(13)28(38)22-16(41-4)12-17(42-5)24(33)26(22)46-32)20(23-29(34-15)35(2)31(40)36(3)30(23)39)14-10-18(43-6)25-19(11-14)44-7-8-45-25/h10-13,20,34H,7-9H2,1-6H3/t13-,20-,32+/m1/s1. The Morgan fingerprint density at radius 1 is 0.891 bits per heavy atom. The van der Waals surface area contributed by atoms with Crippen LogP contribution in [0.5, 0.6) is 34.5 Å². The minimum Gasteiger partial charge on any atom is -0.496 e. The maximum atomic E-state index is 15.1. The largest absolute Gasteiger partial charge is 0.496 e. The molecule has 7 rings (SSSR count). The van der Waals surface area contributed by atoms with Crippen LogP contribution in [0.3, 0.4) is 0 Å². The molecule has 4 aliphatic rings. The number of hydrogen-bond donors (Lipinski definition) is 1. The topological polar surface area (TPSA) is 146 Å². The van der Waals surface area contributed by atoms with Gasteiger partial charge in [0.2, 0.25) is 22.9 Å². The summed E-state index contributed by atoms with van der Waals surface area (Å²) >= 11 is 6.64. The van der Waals surface area contributed by atoms with Crippen LogP contribution in [0.2, 0.25) is 5.02 Å². The van der Waals surface area contributed by atoms with Gasteiger partial charge in [-0.05, 0) is 24.1 Å². The molecule has 0 radical (unpaired) electrons. The van der Waals surface area contributed by atoms with Crippen molar-refractivity contribution in [3.8, 4) is 34.5 Å². The molecule has 3 atom stereocenters. The van der Waals surface area contributed by atoms with Gasteiger partial charge in [-0.3, -0.25) is 23.5 Å². The second-order valence-corrected chi connectivity index (χ2v) is 11.9. The maximum Gasteiger partial charge on any atom is 0.332 e. The molecule has 0 fully saturated rings. The van der Waals surface area contributed by atoms with Gasteiger partial charge in [-0.15, -0.1) is 0 Å². The number of ether oxygens (including phenoxy) is 6. The van der Waals surface area contributed by atoms with Crippen molar-refractivity contribution in [1.29, 1.82) is 0 Å². The average molecular weight is 652 g/mol. The Kier molecular flexibility index (Phi) is 6.67. The highest BCUT2D eigenvalue weighted by Crippen LogP contribution is 2.57. The predicted octanol–water partition coefficient (Wildman–Crippen LogP) is 2.97. The van der Waals surface area contributed by atoms with E-state index in [4.69, 9.17) is 40.0 Å². The summed E-state index contributed by atoms with van der Waals surface area (Å²) in [6.45, 7) is 2.32. The summed E-state index contributed by atoms with van der Waals surface area (Å²) in [6, 6.07) is 4.81. The van der Waals surface area contributed by atoms with Gasteiger partial charge in [0.25, 0.3) is 5.56 Å². The zero-order valence-corrected chi connectivity index (χ0v) is 26.6. The summed E-state index contributed by atoms with van der Waals surface area (Å²) < 4.78 is 36.9. The van der Waals surface area contributed by atoms with Gasteiger partial charge in [0.1, 0.15) is 41.1 Å². The fourth-order valence-electron chi connectivity index (χ4n) is 6.98. The number of aromatic nitrogens is 2. The summed E-state index contributed by atoms with van der Waals surface area (Å²) in [5.74, 6) is -1.42. The average Bonchev–Trinajstić information content (AvgIpc) is 3.38. The van der Waals surface area contributed by atoms with Crippen LogP contribution in [-0.2, 0) is 18.9 Å². The lowest BCUT2D eigenvalue weighted by Crippen LogP contribution is -2.58. The monoisotopic (exact) mass is 651 g/mol. The van der Waals surface area contributed by atoms with E-state index in [1.54, 1.807) is 19.1 Å². The minimum atomic E-state index is -2.04. The van der Waals surface area contributed by atoms with Crippen molar-refractivity contribution in [2.75, 3.05) is 39.9 Å². The smallest absolute Gasteiger partial charge is 0.332 e. The normalized spacial score (nSPS) is 22.5. The quantitative estimate of drug-likeness (QED) is 0.416. The van der Waals surface area contributed by atoms with E-state index in [2.05, 4.69) is 5.32 Å². The van der Waals surface area contributed by atoms with Crippen molar-refractivity contribution in [2.45, 2.75) is 24.9 Å². The first kappa shape index (κ1) is 29.8. The molecule has 1 aromatic heterocycles. The van der Waals surface area contributed by atoms with Crippen molar-refractivity contribution >= 4 is 29.0 Å². The highest BCUT2D eigenvalue weighted by Gasteiger charge is 2.64. The molecule has 3 aromatic rings. The van der Waals surface area contributed by atoms with Gasteiger partial charge in [0.15, 0.2) is 17.2 Å². The molecule has 0 unspecified atom stereocenters. The number of nitrogens with one attached hydrogen (secondary N) is 1. The molecule has 46 heavy (non-hydrogen) atoms. The van der Waals surface area contributed by atoms with Gasteiger partial charge in [-0.2, -0.15) is 0 Å². The van der Waals surface area contributed by atoms with Crippen molar-refractivity contribution in [2.24, 2.45) is 20.0 Å². The van der Waals surface area contributed by atoms with E-state index in [0.29, 0.717) is 35.1 Å². The van der Waals surface area contributed by atoms with Crippen LogP contribution < -0.4 is 45.0 Å². The van der Waals surface area contributed by atoms with Crippen LogP contribution in [0, 0.1) is 5.92 Å². The third-order valence-electron chi connectivity index (χ3n) is 9.26. The molecule has 3 aliphatic heterocycles. The fourth-order valence-corrected chi connectivity index (χ4v) is 7.25. The van der Waals surface area contributed by atoms with Gasteiger partial charge < -0.3 is 33.7 Å². The van der Waals surface area contributed by atoms with Gasteiger partial charge in [-0.25, -0.2) is 4.79 Å². The molecule has 240 valence electrons. The molecule has 1 N–H and O–H groups in total.